The summed E-state index contributed by atoms with van der Waals surface area (Å²) in [5.41, 5.74) is 7.55. The molecular formula is C30H21N7OS. The van der Waals surface area contributed by atoms with E-state index in [-0.39, 0.29) is 5.91 Å². The van der Waals surface area contributed by atoms with Crippen LogP contribution in [0.5, 0.6) is 0 Å². The zero-order valence-electron chi connectivity index (χ0n) is 20.6. The molecule has 0 aliphatic heterocycles. The number of hydrogen-bond acceptors (Lipinski definition) is 6. The third-order valence-electron chi connectivity index (χ3n) is 6.53. The van der Waals surface area contributed by atoms with Crippen LogP contribution in [0.25, 0.3) is 55.0 Å². The number of pyridine rings is 3. The molecule has 0 radical (unpaired) electrons. The number of thiophene rings is 1. The van der Waals surface area contributed by atoms with Gasteiger partial charge in [0.1, 0.15) is 5.69 Å². The van der Waals surface area contributed by atoms with Crippen LogP contribution in [0.2, 0.25) is 0 Å². The highest BCUT2D eigenvalue weighted by molar-refractivity contribution is 7.13. The first-order valence-electron chi connectivity index (χ1n) is 12.4. The van der Waals surface area contributed by atoms with Gasteiger partial charge >= 0.3 is 0 Å². The standard InChI is InChI=1S/C30H21N7OS/c38-28(11-18-5-2-1-3-6-18)34-20-12-19(15-31-16-20)24-13-22-26(17-33-24)36-37-29(22)25-14-21-23(35-25)8-9-32-30(21)27-7-4-10-39-27/h1-10,12-17,35H,11H2,(H,34,38)(H,36,37). The highest BCUT2D eigenvalue weighted by atomic mass is 32.1. The van der Waals surface area contributed by atoms with Gasteiger partial charge in [-0.25, -0.2) is 0 Å². The number of carbonyl (C=O) groups is 1. The molecule has 9 heteroatoms. The van der Waals surface area contributed by atoms with Crippen molar-refractivity contribution in [1.82, 2.24) is 30.1 Å². The van der Waals surface area contributed by atoms with E-state index in [9.17, 15) is 4.79 Å². The minimum absolute atomic E-state index is 0.101. The van der Waals surface area contributed by atoms with Crippen molar-refractivity contribution >= 4 is 44.7 Å². The van der Waals surface area contributed by atoms with Crippen molar-refractivity contribution in [2.24, 2.45) is 0 Å². The maximum Gasteiger partial charge on any atom is 0.228 e. The number of amides is 1. The molecule has 188 valence electrons. The molecule has 3 N–H and O–H groups in total. The number of benzene rings is 1. The Hall–Kier alpha value is -5.15. The number of carbonyl (C=O) groups excluding carboxylic acids is 1. The topological polar surface area (TPSA) is 112 Å². The molecule has 0 unspecified atom stereocenters. The molecule has 0 atom stereocenters. The Morgan fingerprint density at radius 2 is 1.77 bits per heavy atom. The third kappa shape index (κ3) is 4.45. The molecule has 1 aromatic carbocycles. The summed E-state index contributed by atoms with van der Waals surface area (Å²) in [7, 11) is 0. The first kappa shape index (κ1) is 23.0. The second kappa shape index (κ2) is 9.62. The number of aromatic nitrogens is 6. The van der Waals surface area contributed by atoms with Crippen LogP contribution in [0.1, 0.15) is 5.56 Å². The van der Waals surface area contributed by atoms with Gasteiger partial charge in [0.15, 0.2) is 0 Å². The van der Waals surface area contributed by atoms with Crippen molar-refractivity contribution in [3.8, 4) is 33.2 Å². The van der Waals surface area contributed by atoms with Gasteiger partial charge < -0.3 is 10.3 Å². The fourth-order valence-electron chi connectivity index (χ4n) is 4.71. The van der Waals surface area contributed by atoms with Gasteiger partial charge in [0, 0.05) is 34.2 Å². The minimum atomic E-state index is -0.101. The lowest BCUT2D eigenvalue weighted by molar-refractivity contribution is -0.115. The predicted molar refractivity (Wildman–Crippen MR) is 154 cm³/mol. The van der Waals surface area contributed by atoms with Gasteiger partial charge in [0.25, 0.3) is 0 Å². The third-order valence-corrected chi connectivity index (χ3v) is 7.41. The predicted octanol–water partition coefficient (Wildman–Crippen LogP) is 6.47. The van der Waals surface area contributed by atoms with Crippen LogP contribution in [-0.2, 0) is 11.2 Å². The van der Waals surface area contributed by atoms with Crippen LogP contribution in [0.4, 0.5) is 5.69 Å². The lowest BCUT2D eigenvalue weighted by atomic mass is 10.1. The van der Waals surface area contributed by atoms with Crippen molar-refractivity contribution in [2.75, 3.05) is 5.32 Å². The van der Waals surface area contributed by atoms with Crippen LogP contribution in [-0.4, -0.2) is 36.0 Å². The Labute approximate surface area is 226 Å². The number of H-pyrrole nitrogens is 2. The molecule has 6 heterocycles. The largest absolute Gasteiger partial charge is 0.353 e. The van der Waals surface area contributed by atoms with E-state index in [0.717, 1.165) is 60.6 Å². The highest BCUT2D eigenvalue weighted by Gasteiger charge is 2.16. The van der Waals surface area contributed by atoms with E-state index in [1.807, 2.05) is 60.8 Å². The summed E-state index contributed by atoms with van der Waals surface area (Å²) in [6.45, 7) is 0. The first-order valence-corrected chi connectivity index (χ1v) is 13.2. The van der Waals surface area contributed by atoms with Gasteiger partial charge in [-0.1, -0.05) is 36.4 Å². The number of rotatable bonds is 6. The lowest BCUT2D eigenvalue weighted by Crippen LogP contribution is -2.14. The zero-order valence-corrected chi connectivity index (χ0v) is 21.4. The number of aromatic amines is 2. The van der Waals surface area contributed by atoms with Crippen molar-refractivity contribution in [2.45, 2.75) is 6.42 Å². The average molecular weight is 528 g/mol. The molecule has 8 nitrogen and oxygen atoms in total. The van der Waals surface area contributed by atoms with Crippen molar-refractivity contribution in [3.63, 3.8) is 0 Å². The molecule has 0 saturated carbocycles. The average Bonchev–Trinajstić information content (AvgIpc) is 3.73. The van der Waals surface area contributed by atoms with Crippen LogP contribution in [0, 0.1) is 0 Å². The molecule has 0 bridgehead atoms. The van der Waals surface area contributed by atoms with Crippen molar-refractivity contribution < 1.29 is 4.79 Å². The summed E-state index contributed by atoms with van der Waals surface area (Å²) in [6, 6.07) is 21.7. The fraction of sp³-hybridized carbons (Fsp3) is 0.0333. The van der Waals surface area contributed by atoms with E-state index >= 15 is 0 Å². The second-order valence-corrected chi connectivity index (χ2v) is 10.1. The Kier molecular flexibility index (Phi) is 5.68. The van der Waals surface area contributed by atoms with Crippen LogP contribution in [0.15, 0.2) is 96.9 Å². The number of anilines is 1. The number of hydrogen-bond donors (Lipinski definition) is 3. The quantitative estimate of drug-likeness (QED) is 0.229. The first-order chi connectivity index (χ1) is 19.2. The number of nitrogens with one attached hydrogen (secondary N) is 3. The Bertz CT molecular complexity index is 1940. The monoisotopic (exact) mass is 527 g/mol. The summed E-state index contributed by atoms with van der Waals surface area (Å²) in [5.74, 6) is -0.101. The SMILES string of the molecule is O=C(Cc1ccccc1)Nc1cncc(-c2cc3c(-c4cc5c(-c6cccs6)nccc5[nH]4)n[nH]c3cn2)c1. The van der Waals surface area contributed by atoms with Crippen LogP contribution >= 0.6 is 11.3 Å². The van der Waals surface area contributed by atoms with E-state index in [4.69, 9.17) is 0 Å². The summed E-state index contributed by atoms with van der Waals surface area (Å²) in [5, 5.41) is 14.7. The minimum Gasteiger partial charge on any atom is -0.353 e. The molecule has 0 saturated heterocycles. The van der Waals surface area contributed by atoms with Crippen LogP contribution < -0.4 is 5.32 Å². The van der Waals surface area contributed by atoms with Gasteiger partial charge in [-0.2, -0.15) is 5.10 Å². The second-order valence-electron chi connectivity index (χ2n) is 9.14. The molecule has 39 heavy (non-hydrogen) atoms. The number of nitrogens with zero attached hydrogens (tertiary/aromatic N) is 4. The van der Waals surface area contributed by atoms with E-state index < -0.39 is 0 Å². The van der Waals surface area contributed by atoms with E-state index in [0.29, 0.717) is 12.1 Å². The summed E-state index contributed by atoms with van der Waals surface area (Å²) >= 11 is 1.67. The van der Waals surface area contributed by atoms with Crippen molar-refractivity contribution in [3.05, 3.63) is 102 Å². The number of fused-ring (bicyclic) bond motifs is 2. The van der Waals surface area contributed by atoms with Gasteiger partial charge in [-0.05, 0) is 41.3 Å². The molecule has 6 aromatic heterocycles. The fourth-order valence-corrected chi connectivity index (χ4v) is 5.44. The van der Waals surface area contributed by atoms with Gasteiger partial charge in [-0.15, -0.1) is 11.3 Å². The molecule has 0 aliphatic carbocycles. The van der Waals surface area contributed by atoms with Crippen molar-refractivity contribution in [1.29, 1.82) is 0 Å². The molecule has 7 aromatic rings. The molecule has 0 spiro atoms. The summed E-state index contributed by atoms with van der Waals surface area (Å²) < 4.78 is 0. The summed E-state index contributed by atoms with van der Waals surface area (Å²) in [4.78, 5) is 30.8. The molecule has 0 fully saturated rings. The smallest absolute Gasteiger partial charge is 0.228 e. The van der Waals surface area contributed by atoms with Gasteiger partial charge in [0.2, 0.25) is 5.91 Å². The normalized spacial score (nSPS) is 11.3. The highest BCUT2D eigenvalue weighted by Crippen LogP contribution is 2.35. The van der Waals surface area contributed by atoms with Gasteiger partial charge in [0.05, 0.1) is 52.0 Å². The van der Waals surface area contributed by atoms with E-state index in [1.54, 1.807) is 29.9 Å². The van der Waals surface area contributed by atoms with E-state index in [2.05, 4.69) is 53.0 Å². The van der Waals surface area contributed by atoms with Gasteiger partial charge in [-0.3, -0.25) is 24.8 Å². The Morgan fingerprint density at radius 3 is 2.64 bits per heavy atom. The molecule has 0 aliphatic rings. The van der Waals surface area contributed by atoms with E-state index in [1.165, 1.54) is 0 Å². The lowest BCUT2D eigenvalue weighted by Gasteiger charge is -2.07. The van der Waals surface area contributed by atoms with Crippen LogP contribution in [0.3, 0.4) is 0 Å². The maximum absolute atomic E-state index is 12.6. The molecular weight excluding hydrogens is 506 g/mol. The molecule has 7 rings (SSSR count). The summed E-state index contributed by atoms with van der Waals surface area (Å²) in [6.07, 6.45) is 7.26. The zero-order chi connectivity index (χ0) is 26.2. The maximum atomic E-state index is 12.6. The Morgan fingerprint density at radius 1 is 0.872 bits per heavy atom. The Balaban J connectivity index is 1.21. The molecule has 1 amide bonds.